The van der Waals surface area contributed by atoms with E-state index in [1.807, 2.05) is 0 Å². The van der Waals surface area contributed by atoms with Crippen LogP contribution in [0.1, 0.15) is 0 Å². The minimum atomic E-state index is -0.767. The Balaban J connectivity index is 2.80. The maximum absolute atomic E-state index is 12.7. The molecule has 0 spiro atoms. The van der Waals surface area contributed by atoms with Gasteiger partial charge in [0.2, 0.25) is 0 Å². The molecule has 2 heterocycles. The number of rotatable bonds is 1. The third-order valence-electron chi connectivity index (χ3n) is 1.52. The van der Waals surface area contributed by atoms with Crippen molar-refractivity contribution in [1.29, 1.82) is 0 Å². The highest BCUT2D eigenvalue weighted by Gasteiger charge is 2.06. The molecule has 0 radical (unpaired) electrons. The van der Waals surface area contributed by atoms with Gasteiger partial charge in [0.15, 0.2) is 5.65 Å². The van der Waals surface area contributed by atoms with Crippen molar-refractivity contribution in [3.05, 3.63) is 12.3 Å². The predicted molar refractivity (Wildman–Crippen MR) is 41.2 cm³/mol. The van der Waals surface area contributed by atoms with Crippen LogP contribution in [0.2, 0.25) is 0 Å². The molecule has 2 aromatic heterocycles. The van der Waals surface area contributed by atoms with Crippen LogP contribution in [-0.4, -0.2) is 27.2 Å². The van der Waals surface area contributed by atoms with Crippen LogP contribution in [0.15, 0.2) is 6.20 Å². The highest BCUT2D eigenvalue weighted by atomic mass is 19.1. The van der Waals surface area contributed by atoms with Gasteiger partial charge in [0.05, 0.1) is 11.6 Å². The molecule has 0 fully saturated rings. The van der Waals surface area contributed by atoms with E-state index >= 15 is 0 Å². The predicted octanol–water partition coefficient (Wildman–Crippen LogP) is 0.534. The van der Waals surface area contributed by atoms with Crippen molar-refractivity contribution in [2.45, 2.75) is 0 Å². The fourth-order valence-corrected chi connectivity index (χ4v) is 0.998. The lowest BCUT2D eigenvalue weighted by atomic mass is 10.4. The topological polar surface area (TPSA) is 66.5 Å². The van der Waals surface area contributed by atoms with Gasteiger partial charge in [-0.3, -0.25) is 5.10 Å². The molecule has 0 saturated carbocycles. The maximum atomic E-state index is 12.7. The van der Waals surface area contributed by atoms with Gasteiger partial charge in [-0.1, -0.05) is 0 Å². The number of halogens is 1. The second-order valence-corrected chi connectivity index (χ2v) is 2.22. The van der Waals surface area contributed by atoms with Gasteiger partial charge in [0.1, 0.15) is 5.82 Å². The summed E-state index contributed by atoms with van der Waals surface area (Å²) in [5.74, 6) is 0.436. The van der Waals surface area contributed by atoms with Crippen molar-refractivity contribution in [2.24, 2.45) is 0 Å². The van der Waals surface area contributed by atoms with E-state index in [0.29, 0.717) is 16.9 Å². The summed E-state index contributed by atoms with van der Waals surface area (Å²) < 4.78 is 12.7. The quantitative estimate of drug-likeness (QED) is 0.608. The Hall–Kier alpha value is -1.72. The van der Waals surface area contributed by atoms with Crippen molar-refractivity contribution in [1.82, 2.24) is 20.2 Å². The summed E-state index contributed by atoms with van der Waals surface area (Å²) in [5.41, 5.74) is 0.395. The van der Waals surface area contributed by atoms with Crippen molar-refractivity contribution >= 4 is 16.9 Å². The summed E-state index contributed by atoms with van der Waals surface area (Å²) in [6.45, 7) is 0. The Labute approximate surface area is 67.0 Å². The molecule has 0 unspecified atom stereocenters. The van der Waals surface area contributed by atoms with E-state index in [1.54, 1.807) is 13.2 Å². The summed E-state index contributed by atoms with van der Waals surface area (Å²) in [5, 5.41) is 9.70. The third kappa shape index (κ3) is 0.884. The Morgan fingerprint density at radius 1 is 1.50 bits per heavy atom. The third-order valence-corrected chi connectivity index (χ3v) is 1.52. The summed E-state index contributed by atoms with van der Waals surface area (Å²) in [7, 11) is 1.66. The SMILES string of the molecule is CNc1nc(F)nc2[nH]ncc12. The second kappa shape index (κ2) is 2.40. The van der Waals surface area contributed by atoms with Gasteiger partial charge in [0.25, 0.3) is 0 Å². The van der Waals surface area contributed by atoms with Crippen LogP contribution in [-0.2, 0) is 0 Å². The van der Waals surface area contributed by atoms with Crippen molar-refractivity contribution < 1.29 is 4.39 Å². The largest absolute Gasteiger partial charge is 0.372 e. The molecular weight excluding hydrogens is 161 g/mol. The van der Waals surface area contributed by atoms with E-state index in [2.05, 4.69) is 25.5 Å². The number of hydrogen-bond acceptors (Lipinski definition) is 4. The molecule has 0 atom stereocenters. The van der Waals surface area contributed by atoms with E-state index in [-0.39, 0.29) is 0 Å². The average molecular weight is 167 g/mol. The number of hydrogen-bond donors (Lipinski definition) is 2. The summed E-state index contributed by atoms with van der Waals surface area (Å²) in [6.07, 6.45) is 0.775. The summed E-state index contributed by atoms with van der Waals surface area (Å²) in [4.78, 5) is 7.05. The van der Waals surface area contributed by atoms with Crippen LogP contribution in [0.3, 0.4) is 0 Å². The molecule has 0 aliphatic heterocycles. The molecular formula is C6H6FN5. The lowest BCUT2D eigenvalue weighted by molar-refractivity contribution is 0.545. The van der Waals surface area contributed by atoms with Gasteiger partial charge in [0, 0.05) is 7.05 Å². The molecule has 0 aliphatic rings. The number of anilines is 1. The van der Waals surface area contributed by atoms with Crippen LogP contribution in [0.25, 0.3) is 11.0 Å². The Morgan fingerprint density at radius 3 is 3.08 bits per heavy atom. The van der Waals surface area contributed by atoms with Crippen LogP contribution in [0.4, 0.5) is 10.2 Å². The smallest absolute Gasteiger partial charge is 0.312 e. The Bertz CT molecular complexity index is 409. The minimum absolute atomic E-state index is 0.395. The second-order valence-electron chi connectivity index (χ2n) is 2.22. The van der Waals surface area contributed by atoms with Gasteiger partial charge in [-0.15, -0.1) is 0 Å². The molecule has 12 heavy (non-hydrogen) atoms. The van der Waals surface area contributed by atoms with Gasteiger partial charge in [-0.2, -0.15) is 19.5 Å². The first-order valence-electron chi connectivity index (χ1n) is 3.35. The number of nitrogens with one attached hydrogen (secondary N) is 2. The molecule has 0 bridgehead atoms. The fourth-order valence-electron chi connectivity index (χ4n) is 0.998. The summed E-state index contributed by atoms with van der Waals surface area (Å²) in [6, 6.07) is 0. The first-order chi connectivity index (χ1) is 5.81. The number of fused-ring (bicyclic) bond motifs is 1. The number of H-pyrrole nitrogens is 1. The van der Waals surface area contributed by atoms with Crippen molar-refractivity contribution in [3.8, 4) is 0 Å². The molecule has 62 valence electrons. The molecule has 2 aromatic rings. The van der Waals surface area contributed by atoms with Gasteiger partial charge in [-0.25, -0.2) is 0 Å². The van der Waals surface area contributed by atoms with Crippen molar-refractivity contribution in [3.63, 3.8) is 0 Å². The van der Waals surface area contributed by atoms with E-state index < -0.39 is 6.08 Å². The highest BCUT2D eigenvalue weighted by molar-refractivity contribution is 5.85. The van der Waals surface area contributed by atoms with Crippen LogP contribution in [0.5, 0.6) is 0 Å². The zero-order valence-electron chi connectivity index (χ0n) is 6.30. The summed E-state index contributed by atoms with van der Waals surface area (Å²) >= 11 is 0. The first-order valence-corrected chi connectivity index (χ1v) is 3.35. The van der Waals surface area contributed by atoms with Crippen LogP contribution < -0.4 is 5.32 Å². The zero-order chi connectivity index (χ0) is 8.55. The highest BCUT2D eigenvalue weighted by Crippen LogP contribution is 2.16. The lowest BCUT2D eigenvalue weighted by Crippen LogP contribution is -1.97. The lowest BCUT2D eigenvalue weighted by Gasteiger charge is -1.98. The Morgan fingerprint density at radius 2 is 2.33 bits per heavy atom. The molecule has 0 aliphatic carbocycles. The monoisotopic (exact) mass is 167 g/mol. The number of nitrogens with zero attached hydrogens (tertiary/aromatic N) is 3. The number of aromatic nitrogens is 4. The van der Waals surface area contributed by atoms with E-state index in [4.69, 9.17) is 0 Å². The van der Waals surface area contributed by atoms with Crippen LogP contribution in [0, 0.1) is 6.08 Å². The minimum Gasteiger partial charge on any atom is -0.372 e. The molecule has 0 amide bonds. The number of aromatic amines is 1. The molecule has 6 heteroatoms. The van der Waals surface area contributed by atoms with E-state index in [9.17, 15) is 4.39 Å². The van der Waals surface area contributed by atoms with E-state index in [0.717, 1.165) is 0 Å². The van der Waals surface area contributed by atoms with Crippen molar-refractivity contribution in [2.75, 3.05) is 12.4 Å². The molecule has 2 N–H and O–H groups in total. The molecule has 2 rings (SSSR count). The average Bonchev–Trinajstić information content (AvgIpc) is 2.50. The van der Waals surface area contributed by atoms with Gasteiger partial charge >= 0.3 is 6.08 Å². The van der Waals surface area contributed by atoms with Gasteiger partial charge < -0.3 is 5.32 Å². The normalized spacial score (nSPS) is 10.5. The Kier molecular flexibility index (Phi) is 1.39. The van der Waals surface area contributed by atoms with Crippen LogP contribution >= 0.6 is 0 Å². The molecule has 5 nitrogen and oxygen atoms in total. The molecule has 0 saturated heterocycles. The fraction of sp³-hybridized carbons (Fsp3) is 0.167. The standard InChI is InChI=1S/C6H6FN5/c1-8-4-3-2-9-12-5(3)11-6(7)10-4/h2H,1H3,(H2,8,9,10,11,12). The van der Waals surface area contributed by atoms with Gasteiger partial charge in [-0.05, 0) is 0 Å². The maximum Gasteiger partial charge on any atom is 0.312 e. The van der Waals surface area contributed by atoms with E-state index in [1.165, 1.54) is 0 Å². The first kappa shape index (κ1) is 6.96. The zero-order valence-corrected chi connectivity index (χ0v) is 6.30. The molecule has 0 aromatic carbocycles.